The summed E-state index contributed by atoms with van der Waals surface area (Å²) >= 11 is 6.16. The van der Waals surface area contributed by atoms with E-state index in [2.05, 4.69) is 10.6 Å². The number of hydrogen-bond donors (Lipinski definition) is 3. The Morgan fingerprint density at radius 1 is 1.07 bits per heavy atom. The fraction of sp³-hybridized carbons (Fsp3) is 0.550. The van der Waals surface area contributed by atoms with Crippen LogP contribution in [0.4, 0.5) is 11.4 Å². The van der Waals surface area contributed by atoms with Crippen LogP contribution in [-0.4, -0.2) is 22.9 Å². The standard InChI is InChI=1S/C20H27ClN2O4/c1-2-7-17(24)22-14-8-9-15(21)16(12-14)23-18(25)13-20(19(26)27)10-5-3-4-6-11-20/h8-9,12H,2-7,10-11,13H2,1H3,(H,22,24)(H,23,25)(H,26,27). The van der Waals surface area contributed by atoms with Crippen molar-refractivity contribution in [1.82, 2.24) is 0 Å². The van der Waals surface area contributed by atoms with Gasteiger partial charge in [-0.2, -0.15) is 0 Å². The predicted octanol–water partition coefficient (Wildman–Crippen LogP) is 4.83. The highest BCUT2D eigenvalue weighted by atomic mass is 35.5. The molecular weight excluding hydrogens is 368 g/mol. The summed E-state index contributed by atoms with van der Waals surface area (Å²) in [6, 6.07) is 4.85. The van der Waals surface area contributed by atoms with E-state index >= 15 is 0 Å². The van der Waals surface area contributed by atoms with Crippen LogP contribution < -0.4 is 10.6 Å². The molecule has 0 heterocycles. The highest BCUT2D eigenvalue weighted by Crippen LogP contribution is 2.39. The summed E-state index contributed by atoms with van der Waals surface area (Å²) in [5.41, 5.74) is -0.110. The number of benzene rings is 1. The van der Waals surface area contributed by atoms with Gasteiger partial charge in [-0.15, -0.1) is 0 Å². The van der Waals surface area contributed by atoms with Gasteiger partial charge in [0.25, 0.3) is 0 Å². The van der Waals surface area contributed by atoms with Crippen LogP contribution in [0, 0.1) is 5.41 Å². The summed E-state index contributed by atoms with van der Waals surface area (Å²) in [7, 11) is 0. The second-order valence-electron chi connectivity index (χ2n) is 7.22. The third-order valence-electron chi connectivity index (χ3n) is 5.01. The molecule has 2 rings (SSSR count). The zero-order valence-electron chi connectivity index (χ0n) is 15.6. The van der Waals surface area contributed by atoms with Crippen molar-refractivity contribution in [3.8, 4) is 0 Å². The van der Waals surface area contributed by atoms with Crippen LogP contribution >= 0.6 is 11.6 Å². The lowest BCUT2D eigenvalue weighted by molar-refractivity contribution is -0.152. The minimum atomic E-state index is -1.01. The second-order valence-corrected chi connectivity index (χ2v) is 7.62. The summed E-state index contributed by atoms with van der Waals surface area (Å²) in [6.07, 6.45) is 5.73. The third-order valence-corrected chi connectivity index (χ3v) is 5.34. The number of carboxylic acids is 1. The quantitative estimate of drug-likeness (QED) is 0.577. The predicted molar refractivity (Wildman–Crippen MR) is 106 cm³/mol. The van der Waals surface area contributed by atoms with Crippen LogP contribution in [0.25, 0.3) is 0 Å². The lowest BCUT2D eigenvalue weighted by Crippen LogP contribution is -2.35. The number of rotatable bonds is 7. The molecule has 1 aromatic rings. The molecule has 2 amide bonds. The maximum Gasteiger partial charge on any atom is 0.310 e. The Balaban J connectivity index is 2.09. The molecule has 0 bridgehead atoms. The molecule has 1 aliphatic carbocycles. The van der Waals surface area contributed by atoms with Crippen LogP contribution in [0.3, 0.4) is 0 Å². The van der Waals surface area contributed by atoms with Gasteiger partial charge in [0.05, 0.1) is 16.1 Å². The SMILES string of the molecule is CCCC(=O)Nc1ccc(Cl)c(NC(=O)CC2(C(=O)O)CCCCCC2)c1. The molecule has 3 N–H and O–H groups in total. The van der Waals surface area contributed by atoms with Crippen molar-refractivity contribution < 1.29 is 19.5 Å². The highest BCUT2D eigenvalue weighted by molar-refractivity contribution is 6.33. The molecule has 1 fully saturated rings. The van der Waals surface area contributed by atoms with Gasteiger partial charge in [0.2, 0.25) is 11.8 Å². The lowest BCUT2D eigenvalue weighted by Gasteiger charge is -2.27. The van der Waals surface area contributed by atoms with Crippen LogP contribution in [0.2, 0.25) is 5.02 Å². The van der Waals surface area contributed by atoms with Gasteiger partial charge in [-0.3, -0.25) is 14.4 Å². The van der Waals surface area contributed by atoms with Crippen molar-refractivity contribution in [1.29, 1.82) is 0 Å². The van der Waals surface area contributed by atoms with Crippen LogP contribution in [0.15, 0.2) is 18.2 Å². The molecule has 1 aromatic carbocycles. The molecule has 7 heteroatoms. The Bertz CT molecular complexity index is 697. The molecular formula is C20H27ClN2O4. The van der Waals surface area contributed by atoms with Crippen LogP contribution in [0.1, 0.15) is 64.7 Å². The normalized spacial score (nSPS) is 16.2. The number of carbonyl (C=O) groups excluding carboxylic acids is 2. The first-order valence-corrected chi connectivity index (χ1v) is 9.87. The summed E-state index contributed by atoms with van der Waals surface area (Å²) < 4.78 is 0. The molecule has 6 nitrogen and oxygen atoms in total. The first kappa shape index (κ1) is 21.2. The summed E-state index contributed by atoms with van der Waals surface area (Å²) in [5, 5.41) is 15.5. The Kier molecular flexibility index (Phi) is 7.66. The van der Waals surface area contributed by atoms with E-state index in [9.17, 15) is 19.5 Å². The number of anilines is 2. The number of halogens is 1. The van der Waals surface area contributed by atoms with Gasteiger partial charge in [-0.05, 0) is 37.5 Å². The van der Waals surface area contributed by atoms with E-state index in [0.29, 0.717) is 35.7 Å². The van der Waals surface area contributed by atoms with E-state index in [1.807, 2.05) is 6.92 Å². The van der Waals surface area contributed by atoms with E-state index in [4.69, 9.17) is 11.6 Å². The molecule has 148 valence electrons. The van der Waals surface area contributed by atoms with Crippen molar-refractivity contribution in [2.75, 3.05) is 10.6 Å². The van der Waals surface area contributed by atoms with Gasteiger partial charge in [-0.25, -0.2) is 0 Å². The monoisotopic (exact) mass is 394 g/mol. The van der Waals surface area contributed by atoms with E-state index in [1.165, 1.54) is 0 Å². The average Bonchev–Trinajstić information content (AvgIpc) is 2.84. The van der Waals surface area contributed by atoms with Crippen LogP contribution in [0.5, 0.6) is 0 Å². The van der Waals surface area contributed by atoms with Crippen molar-refractivity contribution in [3.05, 3.63) is 23.2 Å². The van der Waals surface area contributed by atoms with E-state index in [0.717, 1.165) is 32.1 Å². The number of amides is 2. The molecule has 27 heavy (non-hydrogen) atoms. The van der Waals surface area contributed by atoms with E-state index in [1.54, 1.807) is 18.2 Å². The van der Waals surface area contributed by atoms with Gasteiger partial charge in [0.15, 0.2) is 0 Å². The maximum atomic E-state index is 12.6. The number of carboxylic acid groups (broad SMARTS) is 1. The molecule has 1 aliphatic rings. The minimum Gasteiger partial charge on any atom is -0.481 e. The Hall–Kier alpha value is -2.08. The average molecular weight is 395 g/mol. The zero-order valence-corrected chi connectivity index (χ0v) is 16.4. The van der Waals surface area contributed by atoms with Crippen LogP contribution in [-0.2, 0) is 14.4 Å². The first-order chi connectivity index (χ1) is 12.9. The van der Waals surface area contributed by atoms with Crippen molar-refractivity contribution in [2.45, 2.75) is 64.7 Å². The molecule has 0 unspecified atom stereocenters. The number of carbonyl (C=O) groups is 3. The fourth-order valence-electron chi connectivity index (χ4n) is 3.52. The minimum absolute atomic E-state index is 0.0783. The Morgan fingerprint density at radius 3 is 2.33 bits per heavy atom. The highest BCUT2D eigenvalue weighted by Gasteiger charge is 2.40. The van der Waals surface area contributed by atoms with E-state index < -0.39 is 11.4 Å². The number of nitrogens with one attached hydrogen (secondary N) is 2. The number of hydrogen-bond acceptors (Lipinski definition) is 3. The van der Waals surface area contributed by atoms with Gasteiger partial charge in [0.1, 0.15) is 0 Å². The summed E-state index contributed by atoms with van der Waals surface area (Å²) in [6.45, 7) is 1.92. The summed E-state index contributed by atoms with van der Waals surface area (Å²) in [4.78, 5) is 36.2. The zero-order chi connectivity index (χ0) is 19.9. The largest absolute Gasteiger partial charge is 0.481 e. The molecule has 0 spiro atoms. The Morgan fingerprint density at radius 2 is 1.74 bits per heavy atom. The molecule has 0 saturated heterocycles. The van der Waals surface area contributed by atoms with Crippen molar-refractivity contribution in [2.24, 2.45) is 5.41 Å². The third kappa shape index (κ3) is 5.96. The fourth-order valence-corrected chi connectivity index (χ4v) is 3.69. The smallest absolute Gasteiger partial charge is 0.310 e. The van der Waals surface area contributed by atoms with Gasteiger partial charge in [-0.1, -0.05) is 44.2 Å². The molecule has 0 atom stereocenters. The second kappa shape index (κ2) is 9.74. The van der Waals surface area contributed by atoms with Gasteiger partial charge >= 0.3 is 5.97 Å². The summed E-state index contributed by atoms with van der Waals surface area (Å²) in [5.74, 6) is -1.40. The molecule has 0 aliphatic heterocycles. The van der Waals surface area contributed by atoms with Crippen molar-refractivity contribution in [3.63, 3.8) is 0 Å². The van der Waals surface area contributed by atoms with Gasteiger partial charge < -0.3 is 15.7 Å². The maximum absolute atomic E-state index is 12.6. The van der Waals surface area contributed by atoms with E-state index in [-0.39, 0.29) is 18.2 Å². The topological polar surface area (TPSA) is 95.5 Å². The molecule has 1 saturated carbocycles. The Labute approximate surface area is 164 Å². The van der Waals surface area contributed by atoms with Crippen molar-refractivity contribution >= 4 is 40.8 Å². The molecule has 0 radical (unpaired) electrons. The lowest BCUT2D eigenvalue weighted by atomic mass is 9.77. The van der Waals surface area contributed by atoms with Gasteiger partial charge in [0, 0.05) is 18.5 Å². The first-order valence-electron chi connectivity index (χ1n) is 9.49. The molecule has 0 aromatic heterocycles. The number of aliphatic carboxylic acids is 1.